The first-order valence-corrected chi connectivity index (χ1v) is 5.39. The molecule has 7 heteroatoms. The Morgan fingerprint density at radius 1 is 1.50 bits per heavy atom. The molecule has 0 aromatic carbocycles. The van der Waals surface area contributed by atoms with E-state index in [-0.39, 0.29) is 11.6 Å². The number of nitrogens with zero attached hydrogens (tertiary/aromatic N) is 2. The summed E-state index contributed by atoms with van der Waals surface area (Å²) in [6.07, 6.45) is 2.89. The quantitative estimate of drug-likeness (QED) is 0.748. The van der Waals surface area contributed by atoms with E-state index in [2.05, 4.69) is 20.5 Å². The highest BCUT2D eigenvalue weighted by molar-refractivity contribution is 6.06. The van der Waals surface area contributed by atoms with Crippen LogP contribution in [0.15, 0.2) is 24.5 Å². The third-order valence-corrected chi connectivity index (χ3v) is 2.18. The van der Waals surface area contributed by atoms with Crippen LogP contribution in [-0.2, 0) is 0 Å². The molecule has 2 rings (SSSR count). The SMILES string of the molecule is CCOc1ccc(NC(=O)c2[nH]ncc2N)cn1. The van der Waals surface area contributed by atoms with Gasteiger partial charge in [0.25, 0.3) is 5.91 Å². The molecule has 7 nitrogen and oxygen atoms in total. The van der Waals surface area contributed by atoms with Crippen LogP contribution >= 0.6 is 0 Å². The number of nitrogens with two attached hydrogens (primary N) is 1. The van der Waals surface area contributed by atoms with Crippen LogP contribution in [0.4, 0.5) is 11.4 Å². The summed E-state index contributed by atoms with van der Waals surface area (Å²) in [6.45, 7) is 2.42. The lowest BCUT2D eigenvalue weighted by molar-refractivity contribution is 0.102. The number of H-pyrrole nitrogens is 1. The number of ether oxygens (including phenoxy) is 1. The van der Waals surface area contributed by atoms with Crippen LogP contribution in [0.25, 0.3) is 0 Å². The van der Waals surface area contributed by atoms with Gasteiger partial charge in [0.2, 0.25) is 5.88 Å². The first kappa shape index (κ1) is 11.9. The van der Waals surface area contributed by atoms with Crippen molar-refractivity contribution < 1.29 is 9.53 Å². The van der Waals surface area contributed by atoms with Gasteiger partial charge in [-0.15, -0.1) is 0 Å². The lowest BCUT2D eigenvalue weighted by Gasteiger charge is -2.05. The minimum atomic E-state index is -0.365. The summed E-state index contributed by atoms with van der Waals surface area (Å²) in [5, 5.41) is 8.85. The third kappa shape index (κ3) is 2.57. The molecule has 18 heavy (non-hydrogen) atoms. The molecule has 0 saturated heterocycles. The van der Waals surface area contributed by atoms with E-state index in [0.717, 1.165) is 0 Å². The molecular formula is C11H13N5O2. The Hall–Kier alpha value is -2.57. The predicted octanol–water partition coefficient (Wildman–Crippen LogP) is 1.04. The molecule has 0 spiro atoms. The Balaban J connectivity index is 2.05. The molecule has 0 aliphatic heterocycles. The molecular weight excluding hydrogens is 234 g/mol. The molecule has 94 valence electrons. The lowest BCUT2D eigenvalue weighted by Crippen LogP contribution is -2.14. The van der Waals surface area contributed by atoms with Crippen LogP contribution in [0.2, 0.25) is 0 Å². The number of amides is 1. The van der Waals surface area contributed by atoms with Gasteiger partial charge in [-0.05, 0) is 13.0 Å². The van der Waals surface area contributed by atoms with Gasteiger partial charge in [0.1, 0.15) is 5.69 Å². The monoisotopic (exact) mass is 247 g/mol. The molecule has 1 amide bonds. The highest BCUT2D eigenvalue weighted by atomic mass is 16.5. The van der Waals surface area contributed by atoms with Gasteiger partial charge in [-0.2, -0.15) is 5.10 Å². The zero-order chi connectivity index (χ0) is 13.0. The maximum atomic E-state index is 11.8. The molecule has 0 unspecified atom stereocenters. The van der Waals surface area contributed by atoms with E-state index >= 15 is 0 Å². The second-order valence-electron chi connectivity index (χ2n) is 3.47. The van der Waals surface area contributed by atoms with E-state index in [9.17, 15) is 4.79 Å². The second kappa shape index (κ2) is 5.17. The summed E-state index contributed by atoms with van der Waals surface area (Å²) >= 11 is 0. The number of nitrogen functional groups attached to an aromatic ring is 1. The molecule has 2 aromatic heterocycles. The fourth-order valence-electron chi connectivity index (χ4n) is 1.36. The van der Waals surface area contributed by atoms with E-state index in [1.165, 1.54) is 12.4 Å². The Bertz CT molecular complexity index is 535. The van der Waals surface area contributed by atoms with Crippen molar-refractivity contribution in [2.45, 2.75) is 6.92 Å². The summed E-state index contributed by atoms with van der Waals surface area (Å²) in [6, 6.07) is 3.37. The number of carbonyl (C=O) groups excluding carboxylic acids is 1. The van der Waals surface area contributed by atoms with Crippen LogP contribution in [0.5, 0.6) is 5.88 Å². The summed E-state index contributed by atoms with van der Waals surface area (Å²) in [7, 11) is 0. The third-order valence-electron chi connectivity index (χ3n) is 2.18. The van der Waals surface area contributed by atoms with Gasteiger partial charge >= 0.3 is 0 Å². The summed E-state index contributed by atoms with van der Waals surface area (Å²) < 4.78 is 5.20. The first-order chi connectivity index (χ1) is 8.70. The minimum absolute atomic E-state index is 0.226. The van der Waals surface area contributed by atoms with Gasteiger partial charge in [-0.3, -0.25) is 9.89 Å². The van der Waals surface area contributed by atoms with Crippen LogP contribution in [0, 0.1) is 0 Å². The first-order valence-electron chi connectivity index (χ1n) is 5.39. The lowest BCUT2D eigenvalue weighted by atomic mass is 10.3. The molecule has 2 heterocycles. The van der Waals surface area contributed by atoms with Crippen LogP contribution in [0.3, 0.4) is 0 Å². The number of aromatic amines is 1. The number of rotatable bonds is 4. The number of anilines is 2. The predicted molar refractivity (Wildman–Crippen MR) is 66.4 cm³/mol. The number of pyridine rings is 1. The highest BCUT2D eigenvalue weighted by Crippen LogP contribution is 2.14. The number of hydrogen-bond acceptors (Lipinski definition) is 5. The molecule has 4 N–H and O–H groups in total. The Morgan fingerprint density at radius 2 is 2.33 bits per heavy atom. The summed E-state index contributed by atoms with van der Waals surface area (Å²) in [5.41, 5.74) is 6.65. The molecule has 0 bridgehead atoms. The van der Waals surface area contributed by atoms with Crippen LogP contribution < -0.4 is 15.8 Å². The van der Waals surface area contributed by atoms with Crippen molar-refractivity contribution in [2.75, 3.05) is 17.7 Å². The zero-order valence-electron chi connectivity index (χ0n) is 9.80. The number of aromatic nitrogens is 3. The van der Waals surface area contributed by atoms with Crippen molar-refractivity contribution in [3.8, 4) is 5.88 Å². The molecule has 0 radical (unpaired) electrons. The van der Waals surface area contributed by atoms with Crippen LogP contribution in [-0.4, -0.2) is 27.7 Å². The van der Waals surface area contributed by atoms with Crippen molar-refractivity contribution >= 4 is 17.3 Å². The molecule has 0 aliphatic carbocycles. The second-order valence-corrected chi connectivity index (χ2v) is 3.47. The van der Waals surface area contributed by atoms with E-state index in [4.69, 9.17) is 10.5 Å². The number of nitrogens with one attached hydrogen (secondary N) is 2. The van der Waals surface area contributed by atoms with Crippen molar-refractivity contribution in [3.05, 3.63) is 30.2 Å². The van der Waals surface area contributed by atoms with Crippen molar-refractivity contribution in [1.29, 1.82) is 0 Å². The molecule has 0 atom stereocenters. The number of hydrogen-bond donors (Lipinski definition) is 3. The van der Waals surface area contributed by atoms with Crippen molar-refractivity contribution in [3.63, 3.8) is 0 Å². The Kier molecular flexibility index (Phi) is 3.42. The van der Waals surface area contributed by atoms with Gasteiger partial charge in [0.15, 0.2) is 0 Å². The molecule has 0 saturated carbocycles. The average Bonchev–Trinajstić information content (AvgIpc) is 2.78. The topological polar surface area (TPSA) is 106 Å². The largest absolute Gasteiger partial charge is 0.478 e. The van der Waals surface area contributed by atoms with Crippen LogP contribution in [0.1, 0.15) is 17.4 Å². The smallest absolute Gasteiger partial charge is 0.275 e. The molecule has 0 aliphatic rings. The van der Waals surface area contributed by atoms with Gasteiger partial charge in [0.05, 0.1) is 30.4 Å². The van der Waals surface area contributed by atoms with Gasteiger partial charge in [-0.25, -0.2) is 4.98 Å². The molecule has 0 fully saturated rings. The van der Waals surface area contributed by atoms with Gasteiger partial charge in [0, 0.05) is 6.07 Å². The van der Waals surface area contributed by atoms with Crippen molar-refractivity contribution in [2.24, 2.45) is 0 Å². The standard InChI is InChI=1S/C11H13N5O2/c1-2-18-9-4-3-7(5-13-9)15-11(17)10-8(12)6-14-16-10/h3-6H,2,12H2,1H3,(H,14,16)(H,15,17). The minimum Gasteiger partial charge on any atom is -0.478 e. The number of carbonyl (C=O) groups is 1. The van der Waals surface area contributed by atoms with Gasteiger partial charge < -0.3 is 15.8 Å². The van der Waals surface area contributed by atoms with Crippen molar-refractivity contribution in [1.82, 2.24) is 15.2 Å². The molecule has 2 aromatic rings. The fourth-order valence-corrected chi connectivity index (χ4v) is 1.36. The van der Waals surface area contributed by atoms with Gasteiger partial charge in [-0.1, -0.05) is 0 Å². The fraction of sp³-hybridized carbons (Fsp3) is 0.182. The maximum Gasteiger partial charge on any atom is 0.275 e. The summed E-state index contributed by atoms with van der Waals surface area (Å²) in [5.74, 6) is 0.146. The average molecular weight is 247 g/mol. The van der Waals surface area contributed by atoms with E-state index in [1.54, 1.807) is 12.1 Å². The normalized spacial score (nSPS) is 10.1. The summed E-state index contributed by atoms with van der Waals surface area (Å²) in [4.78, 5) is 15.8. The van der Waals surface area contributed by atoms with E-state index in [1.807, 2.05) is 6.92 Å². The Morgan fingerprint density at radius 3 is 2.89 bits per heavy atom. The van der Waals surface area contributed by atoms with E-state index in [0.29, 0.717) is 23.9 Å². The van der Waals surface area contributed by atoms with E-state index < -0.39 is 0 Å². The Labute approximate surface area is 103 Å². The highest BCUT2D eigenvalue weighted by Gasteiger charge is 2.11. The zero-order valence-corrected chi connectivity index (χ0v) is 9.80. The maximum absolute atomic E-state index is 11.8.